The second kappa shape index (κ2) is 5.77. The van der Waals surface area contributed by atoms with Gasteiger partial charge in [0.1, 0.15) is 6.04 Å². The van der Waals surface area contributed by atoms with Crippen molar-refractivity contribution in [2.24, 2.45) is 0 Å². The Kier molecular flexibility index (Phi) is 4.83. The van der Waals surface area contributed by atoms with E-state index in [-0.39, 0.29) is 5.75 Å². The molecule has 1 rings (SSSR count). The van der Waals surface area contributed by atoms with Crippen molar-refractivity contribution < 1.29 is 18.3 Å². The average Bonchev–Trinajstić information content (AvgIpc) is 2.70. The van der Waals surface area contributed by atoms with E-state index < -0.39 is 22.0 Å². The van der Waals surface area contributed by atoms with Gasteiger partial charge in [-0.3, -0.25) is 4.79 Å². The molecular weight excluding hydrogens is 276 g/mol. The van der Waals surface area contributed by atoms with Crippen molar-refractivity contribution in [2.75, 3.05) is 12.8 Å². The van der Waals surface area contributed by atoms with Gasteiger partial charge in [0.05, 0.1) is 17.0 Å². The van der Waals surface area contributed by atoms with Crippen LogP contribution in [0.2, 0.25) is 0 Å². The first-order valence-corrected chi connectivity index (χ1v) is 7.82. The van der Waals surface area contributed by atoms with Gasteiger partial charge in [-0.15, -0.1) is 11.3 Å². The molecule has 0 saturated carbocycles. The van der Waals surface area contributed by atoms with Gasteiger partial charge in [-0.25, -0.2) is 13.4 Å². The molecule has 6 nitrogen and oxygen atoms in total. The summed E-state index contributed by atoms with van der Waals surface area (Å²) in [4.78, 5) is 15.7. The second-order valence-corrected chi connectivity index (χ2v) is 7.04. The van der Waals surface area contributed by atoms with E-state index in [4.69, 9.17) is 5.11 Å². The summed E-state index contributed by atoms with van der Waals surface area (Å²) in [7, 11) is -2.28. The van der Waals surface area contributed by atoms with Gasteiger partial charge in [0.25, 0.3) is 0 Å². The van der Waals surface area contributed by atoms with Gasteiger partial charge >= 0.3 is 5.97 Å². The van der Waals surface area contributed by atoms with Crippen molar-refractivity contribution >= 4 is 27.3 Å². The average molecular weight is 292 g/mol. The molecule has 1 aromatic rings. The number of carboxylic acids is 1. The van der Waals surface area contributed by atoms with Crippen molar-refractivity contribution in [3.63, 3.8) is 0 Å². The molecule has 102 valence electrons. The molecule has 8 heteroatoms. The zero-order valence-electron chi connectivity index (χ0n) is 10.5. The highest BCUT2D eigenvalue weighted by Crippen LogP contribution is 2.15. The summed E-state index contributed by atoms with van der Waals surface area (Å²) in [6.45, 7) is 3.17. The zero-order chi connectivity index (χ0) is 13.9. The smallest absolute Gasteiger partial charge is 0.321 e. The molecule has 0 aliphatic carbocycles. The van der Waals surface area contributed by atoms with Crippen molar-refractivity contribution in [3.8, 4) is 0 Å². The maximum atomic E-state index is 11.9. The van der Waals surface area contributed by atoms with E-state index in [1.54, 1.807) is 5.51 Å². The molecule has 1 heterocycles. The number of sulfonamides is 1. The Bertz CT molecular complexity index is 524. The Labute approximate surface area is 110 Å². The highest BCUT2D eigenvalue weighted by atomic mass is 32.2. The van der Waals surface area contributed by atoms with Gasteiger partial charge in [0.15, 0.2) is 0 Å². The van der Waals surface area contributed by atoms with E-state index in [9.17, 15) is 13.2 Å². The summed E-state index contributed by atoms with van der Waals surface area (Å²) in [5.41, 5.74) is 2.49. The van der Waals surface area contributed by atoms with Crippen LogP contribution in [0.3, 0.4) is 0 Å². The second-order valence-electron chi connectivity index (χ2n) is 3.96. The summed E-state index contributed by atoms with van der Waals surface area (Å²) < 4.78 is 24.8. The van der Waals surface area contributed by atoms with Crippen molar-refractivity contribution in [1.82, 2.24) is 9.29 Å². The first kappa shape index (κ1) is 15.1. The fourth-order valence-corrected chi connectivity index (χ4v) is 3.56. The summed E-state index contributed by atoms with van der Waals surface area (Å²) in [6, 6.07) is -1.06. The first-order chi connectivity index (χ1) is 8.25. The molecule has 0 aliphatic rings. The predicted octanol–water partition coefficient (Wildman–Crippen LogP) is 0.729. The minimum Gasteiger partial charge on any atom is -0.480 e. The largest absolute Gasteiger partial charge is 0.480 e. The van der Waals surface area contributed by atoms with Crippen molar-refractivity contribution in [1.29, 1.82) is 0 Å². The van der Waals surface area contributed by atoms with Gasteiger partial charge in [-0.1, -0.05) is 0 Å². The maximum Gasteiger partial charge on any atom is 0.321 e. The highest BCUT2D eigenvalue weighted by Gasteiger charge is 2.27. The lowest BCUT2D eigenvalue weighted by Gasteiger charge is -2.20. The highest BCUT2D eigenvalue weighted by molar-refractivity contribution is 7.89. The summed E-state index contributed by atoms with van der Waals surface area (Å²) in [5.74, 6) is -1.26. The maximum absolute atomic E-state index is 11.9. The van der Waals surface area contributed by atoms with E-state index in [1.807, 2.05) is 6.92 Å². The topological polar surface area (TPSA) is 87.6 Å². The summed E-state index contributed by atoms with van der Waals surface area (Å²) in [5, 5.41) is 8.80. The van der Waals surface area contributed by atoms with Crippen LogP contribution in [0.1, 0.15) is 17.5 Å². The molecule has 1 atom stereocenters. The Morgan fingerprint density at radius 2 is 2.22 bits per heavy atom. The molecule has 0 aliphatic heterocycles. The first-order valence-electron chi connectivity index (χ1n) is 5.33. The molecule has 18 heavy (non-hydrogen) atoms. The molecule has 1 aromatic heterocycles. The number of aromatic nitrogens is 1. The SMILES string of the molecule is Cc1ncsc1CCS(=O)(=O)N(C)C(C)C(=O)O. The number of nitrogens with zero attached hydrogens (tertiary/aromatic N) is 2. The summed E-state index contributed by atoms with van der Waals surface area (Å²) >= 11 is 1.41. The molecule has 0 bridgehead atoms. The molecule has 0 radical (unpaired) electrons. The van der Waals surface area contributed by atoms with Gasteiger partial charge in [0.2, 0.25) is 10.0 Å². The quantitative estimate of drug-likeness (QED) is 0.835. The molecule has 0 amide bonds. The number of thiazole rings is 1. The number of hydrogen-bond acceptors (Lipinski definition) is 5. The van der Waals surface area contributed by atoms with Crippen LogP contribution >= 0.6 is 11.3 Å². The van der Waals surface area contributed by atoms with Gasteiger partial charge in [-0.05, 0) is 20.3 Å². The monoisotopic (exact) mass is 292 g/mol. The van der Waals surface area contributed by atoms with Crippen LogP contribution in [0.25, 0.3) is 0 Å². The van der Waals surface area contributed by atoms with Gasteiger partial charge in [0, 0.05) is 11.9 Å². The molecule has 1 unspecified atom stereocenters. The third-order valence-electron chi connectivity index (χ3n) is 2.77. The van der Waals surface area contributed by atoms with Crippen LogP contribution in [0.4, 0.5) is 0 Å². The predicted molar refractivity (Wildman–Crippen MR) is 69.2 cm³/mol. The van der Waals surface area contributed by atoms with Crippen LogP contribution in [0.5, 0.6) is 0 Å². The molecule has 0 fully saturated rings. The lowest BCUT2D eigenvalue weighted by Crippen LogP contribution is -2.41. The van der Waals surface area contributed by atoms with Crippen molar-refractivity contribution in [2.45, 2.75) is 26.3 Å². The normalized spacial score (nSPS) is 13.8. The summed E-state index contributed by atoms with van der Waals surface area (Å²) in [6.07, 6.45) is 0.357. The van der Waals surface area contributed by atoms with E-state index in [1.165, 1.54) is 25.3 Å². The zero-order valence-corrected chi connectivity index (χ0v) is 12.1. The Morgan fingerprint density at radius 1 is 1.61 bits per heavy atom. The van der Waals surface area contributed by atoms with E-state index in [2.05, 4.69) is 4.98 Å². The van der Waals surface area contributed by atoms with Crippen LogP contribution in [-0.2, 0) is 21.2 Å². The molecule has 1 N–H and O–H groups in total. The minimum atomic E-state index is -3.57. The lowest BCUT2D eigenvalue weighted by atomic mass is 10.3. The van der Waals surface area contributed by atoms with Crippen LogP contribution < -0.4 is 0 Å². The number of aliphatic carboxylic acids is 1. The minimum absolute atomic E-state index is 0.107. The molecular formula is C10H16N2O4S2. The Hall–Kier alpha value is -0.990. The fourth-order valence-electron chi connectivity index (χ4n) is 1.33. The number of likely N-dealkylation sites (N-methyl/N-ethyl adjacent to an activating group) is 1. The third-order valence-corrected chi connectivity index (χ3v) is 5.68. The molecule has 0 spiro atoms. The van der Waals surface area contributed by atoms with E-state index in [0.717, 1.165) is 14.9 Å². The Morgan fingerprint density at radius 3 is 2.67 bits per heavy atom. The third kappa shape index (κ3) is 3.50. The standard InChI is InChI=1S/C10H16N2O4S2/c1-7-9(17-6-11-7)4-5-18(15,16)12(3)8(2)10(13)14/h6,8H,4-5H2,1-3H3,(H,13,14). The number of carbonyl (C=O) groups is 1. The van der Waals surface area contributed by atoms with Crippen LogP contribution in [0.15, 0.2) is 5.51 Å². The van der Waals surface area contributed by atoms with Crippen molar-refractivity contribution in [3.05, 3.63) is 16.1 Å². The number of hydrogen-bond donors (Lipinski definition) is 1. The number of aryl methyl sites for hydroxylation is 2. The molecule has 0 aromatic carbocycles. The molecule has 0 saturated heterocycles. The Balaban J connectivity index is 2.71. The number of rotatable bonds is 6. The van der Waals surface area contributed by atoms with Gasteiger partial charge < -0.3 is 5.11 Å². The fraction of sp³-hybridized carbons (Fsp3) is 0.600. The van der Waals surface area contributed by atoms with E-state index in [0.29, 0.717) is 6.42 Å². The number of carboxylic acid groups (broad SMARTS) is 1. The van der Waals surface area contributed by atoms with Gasteiger partial charge in [-0.2, -0.15) is 4.31 Å². The van der Waals surface area contributed by atoms with Crippen LogP contribution in [0, 0.1) is 6.92 Å². The lowest BCUT2D eigenvalue weighted by molar-refractivity contribution is -0.140. The van der Waals surface area contributed by atoms with Crippen LogP contribution in [-0.4, -0.2) is 47.6 Å². The van der Waals surface area contributed by atoms with E-state index >= 15 is 0 Å².